The molecule has 6 heteroatoms. The second kappa shape index (κ2) is 11.3. The predicted octanol–water partition coefficient (Wildman–Crippen LogP) is 6.69. The molecular formula is C29H36N2O4. The topological polar surface area (TPSA) is 106 Å². The Bertz CT molecular complexity index is 1360. The molecule has 2 heterocycles. The lowest BCUT2D eigenvalue weighted by Crippen LogP contribution is -1.97. The molecule has 6 nitrogen and oxygen atoms in total. The van der Waals surface area contributed by atoms with Gasteiger partial charge in [-0.15, -0.1) is 0 Å². The van der Waals surface area contributed by atoms with Gasteiger partial charge in [0.1, 0.15) is 0 Å². The van der Waals surface area contributed by atoms with Gasteiger partial charge in [0.25, 0.3) is 0 Å². The van der Waals surface area contributed by atoms with Gasteiger partial charge in [0.15, 0.2) is 0 Å². The van der Waals surface area contributed by atoms with Crippen LogP contribution in [0, 0.1) is 34.6 Å². The summed E-state index contributed by atoms with van der Waals surface area (Å²) < 4.78 is 0. The van der Waals surface area contributed by atoms with Crippen LogP contribution in [-0.4, -0.2) is 32.1 Å². The monoisotopic (exact) mass is 476 g/mol. The lowest BCUT2D eigenvalue weighted by atomic mass is 9.93. The third-order valence-electron chi connectivity index (χ3n) is 7.07. The maximum atomic E-state index is 10.6. The highest BCUT2D eigenvalue weighted by molar-refractivity contribution is 5.91. The molecule has 0 fully saturated rings. The number of hydrogen-bond acceptors (Lipinski definition) is 2. The van der Waals surface area contributed by atoms with Crippen molar-refractivity contribution < 1.29 is 19.8 Å². The average molecular weight is 477 g/mol. The predicted molar refractivity (Wildman–Crippen MR) is 141 cm³/mol. The molecule has 4 aromatic rings. The number of benzene rings is 2. The lowest BCUT2D eigenvalue weighted by Gasteiger charge is -2.12. The van der Waals surface area contributed by atoms with E-state index in [0.717, 1.165) is 18.4 Å². The molecule has 0 saturated heterocycles. The molecule has 0 radical (unpaired) electrons. The first-order chi connectivity index (χ1) is 16.6. The van der Waals surface area contributed by atoms with E-state index in [9.17, 15) is 9.59 Å². The average Bonchev–Trinajstić information content (AvgIpc) is 3.42. The van der Waals surface area contributed by atoms with E-state index in [0.29, 0.717) is 12.8 Å². The third kappa shape index (κ3) is 5.94. The van der Waals surface area contributed by atoms with Gasteiger partial charge in [-0.05, 0) is 105 Å². The fourth-order valence-corrected chi connectivity index (χ4v) is 4.83. The summed E-state index contributed by atoms with van der Waals surface area (Å²) in [7, 11) is 0. The summed E-state index contributed by atoms with van der Waals surface area (Å²) in [4.78, 5) is 27.6. The zero-order valence-corrected chi connectivity index (χ0v) is 21.3. The van der Waals surface area contributed by atoms with Crippen molar-refractivity contribution in [1.29, 1.82) is 0 Å². The van der Waals surface area contributed by atoms with E-state index in [2.05, 4.69) is 50.7 Å². The van der Waals surface area contributed by atoms with Crippen LogP contribution in [0.15, 0.2) is 30.6 Å². The van der Waals surface area contributed by atoms with Crippen molar-refractivity contribution in [2.45, 2.75) is 73.1 Å². The van der Waals surface area contributed by atoms with Gasteiger partial charge in [-0.3, -0.25) is 9.59 Å². The highest BCUT2D eigenvalue weighted by Gasteiger charge is 2.14. The van der Waals surface area contributed by atoms with Crippen LogP contribution in [0.5, 0.6) is 0 Å². The standard InChI is InChI=1S/C16H21NO2.C13H15NO2/c1-9-10(2)12(4)16-15(11(9)3)13(8-17-16)6-5-7-14(18)19;1-9-4-2-6-11-13(9)10(8-14-11)5-3-7-12(15)16/h8,17H,5-7H2,1-4H3,(H,18,19);2,4,6,8,14H,3,5,7H2,1H3,(H,15,16). The molecule has 0 aliphatic rings. The second-order valence-electron chi connectivity index (χ2n) is 9.37. The highest BCUT2D eigenvalue weighted by atomic mass is 16.4. The zero-order chi connectivity index (χ0) is 25.7. The summed E-state index contributed by atoms with van der Waals surface area (Å²) in [5.74, 6) is -1.45. The molecule has 2 aromatic heterocycles. The van der Waals surface area contributed by atoms with Crippen molar-refractivity contribution in [3.8, 4) is 0 Å². The van der Waals surface area contributed by atoms with E-state index in [4.69, 9.17) is 10.2 Å². The fourth-order valence-electron chi connectivity index (χ4n) is 4.83. The minimum absolute atomic E-state index is 0.232. The Labute approximate surface area is 206 Å². The van der Waals surface area contributed by atoms with Crippen LogP contribution in [0.3, 0.4) is 0 Å². The first-order valence-electron chi connectivity index (χ1n) is 12.2. The summed E-state index contributed by atoms with van der Waals surface area (Å²) in [6, 6.07) is 6.15. The quantitative estimate of drug-likeness (QED) is 0.227. The van der Waals surface area contributed by atoms with Crippen molar-refractivity contribution in [2.75, 3.05) is 0 Å². The molecule has 0 spiro atoms. The molecule has 0 aliphatic carbocycles. The molecule has 0 atom stereocenters. The normalized spacial score (nSPS) is 11.0. The molecule has 0 aliphatic heterocycles. The number of aliphatic carboxylic acids is 2. The summed E-state index contributed by atoms with van der Waals surface area (Å²) in [6.45, 7) is 10.7. The SMILES string of the molecule is Cc1c(C)c(C)c2c(CCCC(=O)O)c[nH]c2c1C.Cc1cccc2[nH]cc(CCCC(=O)O)c12. The van der Waals surface area contributed by atoms with Crippen molar-refractivity contribution in [3.63, 3.8) is 0 Å². The Kier molecular flexibility index (Phi) is 8.39. The van der Waals surface area contributed by atoms with E-state index in [1.54, 1.807) is 0 Å². The number of H-pyrrole nitrogens is 2. The second-order valence-corrected chi connectivity index (χ2v) is 9.37. The van der Waals surface area contributed by atoms with Gasteiger partial charge >= 0.3 is 11.9 Å². The first kappa shape index (κ1) is 26.1. The van der Waals surface area contributed by atoms with Crippen LogP contribution >= 0.6 is 0 Å². The number of aromatic nitrogens is 2. The number of carboxylic acids is 2. The molecule has 2 aromatic carbocycles. The van der Waals surface area contributed by atoms with Gasteiger partial charge in [0.2, 0.25) is 0 Å². The molecule has 0 amide bonds. The molecule has 4 rings (SSSR count). The Hall–Kier alpha value is -3.54. The number of aromatic amines is 2. The number of fused-ring (bicyclic) bond motifs is 2. The number of hydrogen-bond donors (Lipinski definition) is 4. The Morgan fingerprint density at radius 2 is 1.26 bits per heavy atom. The van der Waals surface area contributed by atoms with Crippen molar-refractivity contribution in [2.24, 2.45) is 0 Å². The van der Waals surface area contributed by atoms with E-state index in [1.807, 2.05) is 24.5 Å². The number of carbonyl (C=O) groups is 2. The number of carboxylic acid groups (broad SMARTS) is 2. The molecule has 0 unspecified atom stereocenters. The molecular weight excluding hydrogens is 440 g/mol. The van der Waals surface area contributed by atoms with Crippen LogP contribution in [0.25, 0.3) is 21.8 Å². The molecule has 35 heavy (non-hydrogen) atoms. The van der Waals surface area contributed by atoms with E-state index in [1.165, 1.54) is 55.2 Å². The summed E-state index contributed by atoms with van der Waals surface area (Å²) in [5, 5.41) is 19.9. The summed E-state index contributed by atoms with van der Waals surface area (Å²) >= 11 is 0. The minimum atomic E-state index is -0.725. The Balaban J connectivity index is 0.000000198. The van der Waals surface area contributed by atoms with Gasteiger partial charge in [-0.2, -0.15) is 0 Å². The van der Waals surface area contributed by atoms with Crippen molar-refractivity contribution >= 4 is 33.7 Å². The van der Waals surface area contributed by atoms with Gasteiger partial charge in [0, 0.05) is 47.0 Å². The maximum Gasteiger partial charge on any atom is 0.303 e. The molecule has 186 valence electrons. The molecule has 0 saturated carbocycles. The smallest absolute Gasteiger partial charge is 0.303 e. The number of nitrogens with one attached hydrogen (secondary N) is 2. The molecule has 0 bridgehead atoms. The van der Waals surface area contributed by atoms with Crippen LogP contribution in [0.4, 0.5) is 0 Å². The Morgan fingerprint density at radius 1 is 0.714 bits per heavy atom. The Morgan fingerprint density at radius 3 is 1.86 bits per heavy atom. The number of rotatable bonds is 8. The van der Waals surface area contributed by atoms with Crippen LogP contribution in [-0.2, 0) is 22.4 Å². The van der Waals surface area contributed by atoms with Crippen molar-refractivity contribution in [3.05, 3.63) is 69.5 Å². The summed E-state index contributed by atoms with van der Waals surface area (Å²) in [5.41, 5.74) is 11.3. The zero-order valence-electron chi connectivity index (χ0n) is 21.3. The van der Waals surface area contributed by atoms with Gasteiger partial charge in [0.05, 0.1) is 0 Å². The van der Waals surface area contributed by atoms with Gasteiger partial charge in [-0.1, -0.05) is 12.1 Å². The van der Waals surface area contributed by atoms with Crippen molar-refractivity contribution in [1.82, 2.24) is 9.97 Å². The van der Waals surface area contributed by atoms with Crippen LogP contribution < -0.4 is 0 Å². The van der Waals surface area contributed by atoms with E-state index in [-0.39, 0.29) is 12.8 Å². The maximum absolute atomic E-state index is 10.6. The third-order valence-corrected chi connectivity index (χ3v) is 7.07. The largest absolute Gasteiger partial charge is 0.481 e. The van der Waals surface area contributed by atoms with E-state index >= 15 is 0 Å². The van der Waals surface area contributed by atoms with Gasteiger partial charge in [-0.25, -0.2) is 0 Å². The van der Waals surface area contributed by atoms with Crippen LogP contribution in [0.2, 0.25) is 0 Å². The number of aryl methyl sites for hydroxylation is 5. The molecule has 4 N–H and O–H groups in total. The highest BCUT2D eigenvalue weighted by Crippen LogP contribution is 2.31. The lowest BCUT2D eigenvalue weighted by molar-refractivity contribution is -0.138. The summed E-state index contributed by atoms with van der Waals surface area (Å²) in [6.07, 6.45) is 7.50. The van der Waals surface area contributed by atoms with Crippen LogP contribution in [0.1, 0.15) is 64.6 Å². The first-order valence-corrected chi connectivity index (χ1v) is 12.2. The van der Waals surface area contributed by atoms with Gasteiger partial charge < -0.3 is 20.2 Å². The fraction of sp³-hybridized carbons (Fsp3) is 0.379. The minimum Gasteiger partial charge on any atom is -0.481 e. The van der Waals surface area contributed by atoms with E-state index < -0.39 is 11.9 Å².